The number of piperidine rings is 1. The van der Waals surface area contributed by atoms with Gasteiger partial charge >= 0.3 is 6.03 Å². The number of hydrogen-bond acceptors (Lipinski definition) is 4. The molecule has 1 aliphatic rings. The van der Waals surface area contributed by atoms with Gasteiger partial charge in [-0.2, -0.15) is 5.10 Å². The fourth-order valence-corrected chi connectivity index (χ4v) is 3.83. The quantitative estimate of drug-likeness (QED) is 0.924. The Hall–Kier alpha value is -2.31. The predicted molar refractivity (Wildman–Crippen MR) is 94.3 cm³/mol. The van der Waals surface area contributed by atoms with E-state index in [1.807, 2.05) is 36.5 Å². The Morgan fingerprint density at radius 2 is 2.24 bits per heavy atom. The number of rotatable bonds is 4. The number of amides is 2. The van der Waals surface area contributed by atoms with Crippen LogP contribution in [0.15, 0.2) is 16.8 Å². The lowest BCUT2D eigenvalue weighted by Gasteiger charge is -2.36. The number of aromatic nitrogens is 3. The zero-order valence-electron chi connectivity index (χ0n) is 15.5. The van der Waals surface area contributed by atoms with Crippen molar-refractivity contribution in [2.45, 2.75) is 52.0 Å². The lowest BCUT2D eigenvalue weighted by Crippen LogP contribution is -2.46. The molecule has 2 aromatic heterocycles. The number of likely N-dealkylation sites (tertiary alicyclic amines) is 1. The first-order valence-electron chi connectivity index (χ1n) is 8.94. The van der Waals surface area contributed by atoms with E-state index in [4.69, 9.17) is 4.52 Å². The topological polar surface area (TPSA) is 76.2 Å². The number of nitrogens with one attached hydrogen (secondary N) is 1. The Kier molecular flexibility index (Phi) is 5.11. The van der Waals surface area contributed by atoms with E-state index in [0.717, 1.165) is 48.5 Å². The summed E-state index contributed by atoms with van der Waals surface area (Å²) in [6.45, 7) is 7.28. The van der Waals surface area contributed by atoms with Crippen molar-refractivity contribution in [3.8, 4) is 0 Å². The van der Waals surface area contributed by atoms with Crippen LogP contribution in [0.3, 0.4) is 0 Å². The number of carbonyl (C=O) groups is 1. The van der Waals surface area contributed by atoms with Crippen LogP contribution >= 0.6 is 0 Å². The highest BCUT2D eigenvalue weighted by atomic mass is 16.5. The second kappa shape index (κ2) is 7.29. The largest absolute Gasteiger partial charge is 0.361 e. The standard InChI is InChI=1S/C18H27N5O2/c1-12(17-13(2)21-25-14(17)3)11-19-18(24)23-10-6-5-7-16(23)15-8-9-20-22(15)4/h8-9,12,16H,5-7,10-11H2,1-4H3,(H,19,24)/t12-,16+/m1/s1. The molecule has 7 nitrogen and oxygen atoms in total. The van der Waals surface area contributed by atoms with Crippen molar-refractivity contribution in [3.05, 3.63) is 35.0 Å². The van der Waals surface area contributed by atoms with Gasteiger partial charge < -0.3 is 14.7 Å². The summed E-state index contributed by atoms with van der Waals surface area (Å²) in [6, 6.07) is 2.09. The molecule has 0 spiro atoms. The average Bonchev–Trinajstić information content (AvgIpc) is 3.17. The van der Waals surface area contributed by atoms with Crippen LogP contribution < -0.4 is 5.32 Å². The van der Waals surface area contributed by atoms with Crippen LogP contribution in [0.25, 0.3) is 0 Å². The van der Waals surface area contributed by atoms with Crippen LogP contribution in [-0.4, -0.2) is 39.0 Å². The van der Waals surface area contributed by atoms with Crippen molar-refractivity contribution < 1.29 is 9.32 Å². The minimum absolute atomic E-state index is 0.00971. The van der Waals surface area contributed by atoms with Crippen LogP contribution in [0.1, 0.15) is 60.9 Å². The summed E-state index contributed by atoms with van der Waals surface area (Å²) in [7, 11) is 1.93. The normalized spacial score (nSPS) is 19.0. The first-order valence-corrected chi connectivity index (χ1v) is 8.94. The Bertz CT molecular complexity index is 716. The van der Waals surface area contributed by atoms with Crippen molar-refractivity contribution in [2.75, 3.05) is 13.1 Å². The minimum Gasteiger partial charge on any atom is -0.361 e. The smallest absolute Gasteiger partial charge is 0.317 e. The van der Waals surface area contributed by atoms with Gasteiger partial charge in [-0.15, -0.1) is 0 Å². The molecule has 0 aromatic carbocycles. The molecule has 2 atom stereocenters. The predicted octanol–water partition coefficient (Wildman–Crippen LogP) is 3.07. The van der Waals surface area contributed by atoms with Gasteiger partial charge in [0.2, 0.25) is 0 Å². The molecular formula is C18H27N5O2. The first-order chi connectivity index (χ1) is 12.0. The number of nitrogens with zero attached hydrogens (tertiary/aromatic N) is 4. The Labute approximate surface area is 148 Å². The summed E-state index contributed by atoms with van der Waals surface area (Å²) >= 11 is 0. The monoisotopic (exact) mass is 345 g/mol. The zero-order chi connectivity index (χ0) is 18.0. The first kappa shape index (κ1) is 17.5. The highest BCUT2D eigenvalue weighted by Crippen LogP contribution is 2.30. The average molecular weight is 345 g/mol. The van der Waals surface area contributed by atoms with Crippen LogP contribution in [0.4, 0.5) is 4.79 Å². The molecule has 1 fully saturated rings. The Morgan fingerprint density at radius 3 is 2.88 bits per heavy atom. The number of aryl methyl sites for hydroxylation is 3. The summed E-state index contributed by atoms with van der Waals surface area (Å²) in [4.78, 5) is 14.7. The number of hydrogen-bond donors (Lipinski definition) is 1. The molecular weight excluding hydrogens is 318 g/mol. The van der Waals surface area contributed by atoms with Gasteiger partial charge in [0, 0.05) is 37.8 Å². The van der Waals surface area contributed by atoms with Gasteiger partial charge in [-0.25, -0.2) is 4.79 Å². The third kappa shape index (κ3) is 3.55. The Morgan fingerprint density at radius 1 is 1.44 bits per heavy atom. The summed E-state index contributed by atoms with van der Waals surface area (Å²) < 4.78 is 7.10. The highest BCUT2D eigenvalue weighted by Gasteiger charge is 2.30. The molecule has 3 heterocycles. The second-order valence-corrected chi connectivity index (χ2v) is 6.91. The summed E-state index contributed by atoms with van der Waals surface area (Å²) in [5.41, 5.74) is 3.07. The second-order valence-electron chi connectivity index (χ2n) is 6.91. The molecule has 3 rings (SSSR count). The molecule has 0 aliphatic carbocycles. The molecule has 1 aliphatic heterocycles. The van der Waals surface area contributed by atoms with Crippen LogP contribution in [0.5, 0.6) is 0 Å². The van der Waals surface area contributed by atoms with E-state index in [-0.39, 0.29) is 18.0 Å². The van der Waals surface area contributed by atoms with Crippen LogP contribution in [0.2, 0.25) is 0 Å². The van der Waals surface area contributed by atoms with Gasteiger partial charge in [0.05, 0.1) is 17.4 Å². The highest BCUT2D eigenvalue weighted by molar-refractivity contribution is 5.75. The third-order valence-corrected chi connectivity index (χ3v) is 5.10. The van der Waals surface area contributed by atoms with E-state index in [1.165, 1.54) is 0 Å². The van der Waals surface area contributed by atoms with E-state index in [2.05, 4.69) is 22.5 Å². The molecule has 7 heteroatoms. The van der Waals surface area contributed by atoms with Gasteiger partial charge in [0.1, 0.15) is 5.76 Å². The van der Waals surface area contributed by atoms with Crippen molar-refractivity contribution in [3.63, 3.8) is 0 Å². The molecule has 25 heavy (non-hydrogen) atoms. The summed E-state index contributed by atoms with van der Waals surface area (Å²) in [5.74, 6) is 0.986. The molecule has 0 saturated carbocycles. The third-order valence-electron chi connectivity index (χ3n) is 5.10. The fourth-order valence-electron chi connectivity index (χ4n) is 3.83. The van der Waals surface area contributed by atoms with Crippen LogP contribution in [-0.2, 0) is 7.05 Å². The fraction of sp³-hybridized carbons (Fsp3) is 0.611. The molecule has 0 radical (unpaired) electrons. The summed E-state index contributed by atoms with van der Waals surface area (Å²) in [5, 5.41) is 11.3. The van der Waals surface area contributed by atoms with E-state index >= 15 is 0 Å². The van der Waals surface area contributed by atoms with Crippen molar-refractivity contribution >= 4 is 6.03 Å². The maximum atomic E-state index is 12.8. The molecule has 136 valence electrons. The van der Waals surface area contributed by atoms with Gasteiger partial charge in [0.25, 0.3) is 0 Å². The molecule has 1 N–H and O–H groups in total. The van der Waals surface area contributed by atoms with Gasteiger partial charge in [0.15, 0.2) is 0 Å². The summed E-state index contributed by atoms with van der Waals surface area (Å²) in [6.07, 6.45) is 4.95. The molecule has 0 unspecified atom stereocenters. The SMILES string of the molecule is Cc1noc(C)c1[C@H](C)CNC(=O)N1CCCC[C@H]1c1ccnn1C. The van der Waals surface area contributed by atoms with E-state index in [1.54, 1.807) is 6.20 Å². The maximum Gasteiger partial charge on any atom is 0.317 e. The number of carbonyl (C=O) groups excluding carboxylic acids is 1. The van der Waals surface area contributed by atoms with Crippen molar-refractivity contribution in [1.82, 2.24) is 25.2 Å². The van der Waals surface area contributed by atoms with Gasteiger partial charge in [-0.3, -0.25) is 4.68 Å². The molecule has 2 amide bonds. The maximum absolute atomic E-state index is 12.8. The van der Waals surface area contributed by atoms with Crippen molar-refractivity contribution in [2.24, 2.45) is 7.05 Å². The molecule has 0 bridgehead atoms. The lowest BCUT2D eigenvalue weighted by atomic mass is 9.99. The zero-order valence-corrected chi connectivity index (χ0v) is 15.5. The van der Waals surface area contributed by atoms with Crippen molar-refractivity contribution in [1.29, 1.82) is 0 Å². The van der Waals surface area contributed by atoms with Crippen LogP contribution in [0, 0.1) is 13.8 Å². The van der Waals surface area contributed by atoms with E-state index in [0.29, 0.717) is 6.54 Å². The Balaban J connectivity index is 1.66. The van der Waals surface area contributed by atoms with E-state index < -0.39 is 0 Å². The minimum atomic E-state index is -0.00971. The van der Waals surface area contributed by atoms with E-state index in [9.17, 15) is 4.79 Å². The lowest BCUT2D eigenvalue weighted by molar-refractivity contribution is 0.147. The molecule has 1 saturated heterocycles. The van der Waals surface area contributed by atoms with Gasteiger partial charge in [-0.05, 0) is 39.2 Å². The number of urea groups is 1. The molecule has 2 aromatic rings. The van der Waals surface area contributed by atoms with Gasteiger partial charge in [-0.1, -0.05) is 12.1 Å².